The SMILES string of the molecule is CCOc1ccc(N=C2C(=O)Nc3c(CC)cc(Br)cc32)cc1. The zero-order valence-electron chi connectivity index (χ0n) is 13.0. The fourth-order valence-electron chi connectivity index (χ4n) is 2.60. The molecule has 4 nitrogen and oxygen atoms in total. The van der Waals surface area contributed by atoms with Crippen LogP contribution in [0.3, 0.4) is 0 Å². The number of carbonyl (C=O) groups is 1. The van der Waals surface area contributed by atoms with Gasteiger partial charge in [0.15, 0.2) is 0 Å². The van der Waals surface area contributed by atoms with Gasteiger partial charge >= 0.3 is 0 Å². The number of benzene rings is 2. The van der Waals surface area contributed by atoms with Crippen molar-refractivity contribution >= 4 is 38.9 Å². The number of halogens is 1. The standard InChI is InChI=1S/C18H17BrN2O2/c1-3-11-9-12(19)10-15-16(11)21-18(22)17(15)20-13-5-7-14(8-6-13)23-4-2/h5-10H,3-4H2,1-2H3,(H,20,21,22). The number of carbonyl (C=O) groups excluding carboxylic acids is 1. The maximum Gasteiger partial charge on any atom is 0.275 e. The molecule has 0 aromatic heterocycles. The second-order valence-corrected chi connectivity index (χ2v) is 6.10. The summed E-state index contributed by atoms with van der Waals surface area (Å²) in [4.78, 5) is 16.8. The average Bonchev–Trinajstić information content (AvgIpc) is 2.85. The van der Waals surface area contributed by atoms with Crippen LogP contribution >= 0.6 is 15.9 Å². The Labute approximate surface area is 143 Å². The van der Waals surface area contributed by atoms with Crippen LogP contribution in [0, 0.1) is 0 Å². The average molecular weight is 373 g/mol. The van der Waals surface area contributed by atoms with E-state index in [1.807, 2.05) is 43.3 Å². The van der Waals surface area contributed by atoms with E-state index in [0.29, 0.717) is 12.3 Å². The summed E-state index contributed by atoms with van der Waals surface area (Å²) in [5.41, 5.74) is 3.98. The van der Waals surface area contributed by atoms with E-state index in [1.165, 1.54) is 0 Å². The van der Waals surface area contributed by atoms with Crippen LogP contribution in [0.1, 0.15) is 25.0 Å². The van der Waals surface area contributed by atoms with Gasteiger partial charge in [-0.1, -0.05) is 22.9 Å². The lowest BCUT2D eigenvalue weighted by Crippen LogP contribution is -2.14. The molecule has 118 valence electrons. The Kier molecular flexibility index (Phi) is 4.48. The molecule has 1 aliphatic heterocycles. The number of aliphatic imine (C=N–C) groups is 1. The van der Waals surface area contributed by atoms with Gasteiger partial charge in [-0.2, -0.15) is 0 Å². The number of amides is 1. The highest BCUT2D eigenvalue weighted by Crippen LogP contribution is 2.33. The maximum atomic E-state index is 12.3. The minimum Gasteiger partial charge on any atom is -0.494 e. The zero-order valence-corrected chi connectivity index (χ0v) is 14.6. The summed E-state index contributed by atoms with van der Waals surface area (Å²) in [5.74, 6) is 0.630. The smallest absolute Gasteiger partial charge is 0.275 e. The second-order valence-electron chi connectivity index (χ2n) is 5.18. The van der Waals surface area contributed by atoms with E-state index in [2.05, 4.69) is 33.2 Å². The first-order valence-corrected chi connectivity index (χ1v) is 8.37. The molecular formula is C18H17BrN2O2. The highest BCUT2D eigenvalue weighted by molar-refractivity contribution is 9.10. The molecule has 0 radical (unpaired) electrons. The number of aryl methyl sites for hydroxylation is 1. The van der Waals surface area contributed by atoms with E-state index in [1.54, 1.807) is 0 Å². The predicted octanol–water partition coefficient (Wildman–Crippen LogP) is 4.48. The van der Waals surface area contributed by atoms with Gasteiger partial charge in [0.05, 0.1) is 18.0 Å². The van der Waals surface area contributed by atoms with Crippen LogP contribution in [0.15, 0.2) is 45.9 Å². The van der Waals surface area contributed by atoms with Crippen molar-refractivity contribution < 1.29 is 9.53 Å². The fourth-order valence-corrected chi connectivity index (χ4v) is 3.10. The number of rotatable bonds is 4. The van der Waals surface area contributed by atoms with Gasteiger partial charge in [-0.25, -0.2) is 4.99 Å². The van der Waals surface area contributed by atoms with Crippen LogP contribution in [-0.2, 0) is 11.2 Å². The van der Waals surface area contributed by atoms with Gasteiger partial charge in [0, 0.05) is 10.0 Å². The Balaban J connectivity index is 2.01. The third-order valence-electron chi connectivity index (χ3n) is 3.66. The summed E-state index contributed by atoms with van der Waals surface area (Å²) in [6.07, 6.45) is 0.846. The quantitative estimate of drug-likeness (QED) is 0.859. The molecule has 1 aliphatic rings. The van der Waals surface area contributed by atoms with E-state index >= 15 is 0 Å². The molecule has 0 atom stereocenters. The molecule has 3 rings (SSSR count). The fraction of sp³-hybridized carbons (Fsp3) is 0.222. The summed E-state index contributed by atoms with van der Waals surface area (Å²) in [6.45, 7) is 4.63. The zero-order chi connectivity index (χ0) is 16.4. The molecule has 5 heteroatoms. The molecular weight excluding hydrogens is 356 g/mol. The molecule has 2 aromatic carbocycles. The lowest BCUT2D eigenvalue weighted by atomic mass is 10.0. The number of nitrogens with zero attached hydrogens (tertiary/aromatic N) is 1. The Morgan fingerprint density at radius 2 is 1.91 bits per heavy atom. The molecule has 2 aromatic rings. The molecule has 1 heterocycles. The molecule has 0 bridgehead atoms. The number of nitrogens with one attached hydrogen (secondary N) is 1. The molecule has 0 saturated heterocycles. The van der Waals surface area contributed by atoms with Gasteiger partial charge in [0.1, 0.15) is 11.5 Å². The van der Waals surface area contributed by atoms with Crippen LogP contribution in [0.5, 0.6) is 5.75 Å². The predicted molar refractivity (Wildman–Crippen MR) is 96.0 cm³/mol. The molecule has 1 N–H and O–H groups in total. The first-order chi connectivity index (χ1) is 11.1. The van der Waals surface area contributed by atoms with E-state index in [-0.39, 0.29) is 5.91 Å². The summed E-state index contributed by atoms with van der Waals surface area (Å²) < 4.78 is 6.37. The summed E-state index contributed by atoms with van der Waals surface area (Å²) in [6, 6.07) is 11.4. The van der Waals surface area contributed by atoms with Crippen LogP contribution in [0.4, 0.5) is 11.4 Å². The van der Waals surface area contributed by atoms with Crippen LogP contribution in [-0.4, -0.2) is 18.2 Å². The lowest BCUT2D eigenvalue weighted by molar-refractivity contribution is -0.110. The number of anilines is 1. The molecule has 0 spiro atoms. The van der Waals surface area contributed by atoms with E-state index in [4.69, 9.17) is 4.74 Å². The highest BCUT2D eigenvalue weighted by atomic mass is 79.9. The Hall–Kier alpha value is -2.14. The molecule has 1 amide bonds. The minimum absolute atomic E-state index is 0.165. The Morgan fingerprint density at radius 3 is 2.57 bits per heavy atom. The van der Waals surface area contributed by atoms with Crippen molar-refractivity contribution in [2.75, 3.05) is 11.9 Å². The summed E-state index contributed by atoms with van der Waals surface area (Å²) in [5, 5.41) is 2.93. The maximum absolute atomic E-state index is 12.3. The molecule has 23 heavy (non-hydrogen) atoms. The van der Waals surface area contributed by atoms with Crippen molar-refractivity contribution in [3.8, 4) is 5.75 Å². The number of fused-ring (bicyclic) bond motifs is 1. The van der Waals surface area contributed by atoms with Crippen LogP contribution in [0.25, 0.3) is 0 Å². The van der Waals surface area contributed by atoms with Gasteiger partial charge in [0.25, 0.3) is 5.91 Å². The number of ether oxygens (including phenoxy) is 1. The Morgan fingerprint density at radius 1 is 1.17 bits per heavy atom. The third kappa shape index (κ3) is 3.15. The van der Waals surface area contributed by atoms with Crippen LogP contribution in [0.2, 0.25) is 0 Å². The molecule has 0 unspecified atom stereocenters. The van der Waals surface area contributed by atoms with E-state index in [0.717, 1.165) is 39.1 Å². The summed E-state index contributed by atoms with van der Waals surface area (Å²) in [7, 11) is 0. The molecule has 0 fully saturated rings. The van der Waals surface area contributed by atoms with Crippen molar-refractivity contribution in [2.24, 2.45) is 4.99 Å². The lowest BCUT2D eigenvalue weighted by Gasteiger charge is -2.06. The molecule has 0 saturated carbocycles. The van der Waals surface area contributed by atoms with Gasteiger partial charge in [-0.3, -0.25) is 4.79 Å². The van der Waals surface area contributed by atoms with Crippen molar-refractivity contribution in [3.05, 3.63) is 52.0 Å². The first kappa shape index (κ1) is 15.7. The van der Waals surface area contributed by atoms with Crippen molar-refractivity contribution in [3.63, 3.8) is 0 Å². The van der Waals surface area contributed by atoms with Crippen molar-refractivity contribution in [2.45, 2.75) is 20.3 Å². The third-order valence-corrected chi connectivity index (χ3v) is 4.12. The summed E-state index contributed by atoms with van der Waals surface area (Å²) >= 11 is 3.51. The monoisotopic (exact) mass is 372 g/mol. The van der Waals surface area contributed by atoms with E-state index < -0.39 is 0 Å². The van der Waals surface area contributed by atoms with Crippen molar-refractivity contribution in [1.82, 2.24) is 0 Å². The van der Waals surface area contributed by atoms with Gasteiger partial charge in [-0.05, 0) is 55.3 Å². The second kappa shape index (κ2) is 6.54. The molecule has 0 aliphatic carbocycles. The topological polar surface area (TPSA) is 50.7 Å². The largest absolute Gasteiger partial charge is 0.494 e. The first-order valence-electron chi connectivity index (χ1n) is 7.58. The van der Waals surface area contributed by atoms with Gasteiger partial charge < -0.3 is 10.1 Å². The van der Waals surface area contributed by atoms with Gasteiger partial charge in [-0.15, -0.1) is 0 Å². The highest BCUT2D eigenvalue weighted by Gasteiger charge is 2.28. The van der Waals surface area contributed by atoms with Crippen molar-refractivity contribution in [1.29, 1.82) is 0 Å². The number of hydrogen-bond acceptors (Lipinski definition) is 3. The minimum atomic E-state index is -0.165. The normalized spacial score (nSPS) is 14.7. The van der Waals surface area contributed by atoms with E-state index in [9.17, 15) is 4.79 Å². The number of hydrogen-bond donors (Lipinski definition) is 1. The Bertz CT molecular complexity index is 782. The van der Waals surface area contributed by atoms with Crippen LogP contribution < -0.4 is 10.1 Å². The van der Waals surface area contributed by atoms with Gasteiger partial charge in [0.2, 0.25) is 0 Å².